The molecule has 0 aliphatic heterocycles. The molecule has 0 N–H and O–H groups in total. The van der Waals surface area contributed by atoms with Crippen LogP contribution in [-0.2, 0) is 0 Å². The molecule has 0 bridgehead atoms. The van der Waals surface area contributed by atoms with Gasteiger partial charge in [0.05, 0.1) is 0 Å². The van der Waals surface area contributed by atoms with Gasteiger partial charge in [-0.3, -0.25) is 0 Å². The van der Waals surface area contributed by atoms with Gasteiger partial charge in [0, 0.05) is 0 Å². The predicted molar refractivity (Wildman–Crippen MR) is 31.4 cm³/mol. The summed E-state index contributed by atoms with van der Waals surface area (Å²) >= 11 is -4.74. The predicted octanol–water partition coefficient (Wildman–Crippen LogP) is 2.54. The summed E-state index contributed by atoms with van der Waals surface area (Å²) in [7, 11) is -0.120. The zero-order valence-corrected chi connectivity index (χ0v) is 7.82. The van der Waals surface area contributed by atoms with E-state index in [1.165, 1.54) is 0 Å². The van der Waals surface area contributed by atoms with Crippen LogP contribution in [0.25, 0.3) is 0 Å². The summed E-state index contributed by atoms with van der Waals surface area (Å²) in [6.45, 7) is 0. The number of hydrogen-bond acceptors (Lipinski definition) is 1. The van der Waals surface area contributed by atoms with Crippen LogP contribution in [0.5, 0.6) is 0 Å². The molecule has 0 aromatic rings. The summed E-state index contributed by atoms with van der Waals surface area (Å²) < 4.78 is 69.2. The fraction of sp³-hybridized carbons (Fsp3) is 1.00. The molecule has 0 spiro atoms. The Balaban J connectivity index is 4.43. The molecule has 0 nitrogen and oxygen atoms in total. The van der Waals surface area contributed by atoms with Crippen LogP contribution in [0, 0.1) is 0 Å². The molecule has 0 saturated carbocycles. The van der Waals surface area contributed by atoms with Crippen LogP contribution < -0.4 is 0 Å². The topological polar surface area (TPSA) is 0 Å². The summed E-state index contributed by atoms with van der Waals surface area (Å²) in [5.41, 5.74) is 0. The first-order valence-electron chi connectivity index (χ1n) is 2.17. The van der Waals surface area contributed by atoms with Crippen molar-refractivity contribution in [2.24, 2.45) is 0 Å². The van der Waals surface area contributed by atoms with Crippen molar-refractivity contribution in [2.75, 3.05) is 6.26 Å². The van der Waals surface area contributed by atoms with Crippen molar-refractivity contribution in [1.82, 2.24) is 0 Å². The van der Waals surface area contributed by atoms with Crippen LogP contribution >= 0.6 is 10.0 Å². The summed E-state index contributed by atoms with van der Waals surface area (Å²) in [5, 5.41) is 0. The SMILES string of the molecule is CS[As](C(F)(F)F)C(F)(F)F. The molecule has 0 fully saturated rings. The van der Waals surface area contributed by atoms with Crippen molar-refractivity contribution in [3.8, 4) is 0 Å². The average Bonchev–Trinajstić information content (AvgIpc) is 1.56. The van der Waals surface area contributed by atoms with E-state index in [9.17, 15) is 26.3 Å². The van der Waals surface area contributed by atoms with Gasteiger partial charge < -0.3 is 0 Å². The van der Waals surface area contributed by atoms with E-state index < -0.39 is 23.4 Å². The van der Waals surface area contributed by atoms with Gasteiger partial charge in [-0.2, -0.15) is 0 Å². The Morgan fingerprint density at radius 3 is 1.18 bits per heavy atom. The molecular weight excluding hydrogens is 257 g/mol. The normalized spacial score (nSPS) is 14.2. The molecule has 0 radical (unpaired) electrons. The number of rotatable bonds is 1. The van der Waals surface area contributed by atoms with Crippen LogP contribution in [0.3, 0.4) is 0 Å². The van der Waals surface area contributed by atoms with E-state index >= 15 is 0 Å². The first kappa shape index (κ1) is 11.5. The van der Waals surface area contributed by atoms with Gasteiger partial charge in [-0.05, 0) is 0 Å². The minimum absolute atomic E-state index is 0.120. The number of alkyl halides is 6. The molecule has 0 unspecified atom stereocenters. The van der Waals surface area contributed by atoms with Crippen LogP contribution in [0.2, 0.25) is 0 Å². The molecule has 11 heavy (non-hydrogen) atoms. The van der Waals surface area contributed by atoms with E-state index in [2.05, 4.69) is 0 Å². The Morgan fingerprint density at radius 1 is 0.909 bits per heavy atom. The van der Waals surface area contributed by atoms with Gasteiger partial charge in [0.1, 0.15) is 0 Å². The Labute approximate surface area is 66.6 Å². The standard InChI is InChI=1S/C3H3AsF6S/c1-11-4(2(5,6)7)3(8,9)10/h1H3. The van der Waals surface area contributed by atoms with Crippen molar-refractivity contribution in [2.45, 2.75) is 9.93 Å². The Bertz CT molecular complexity index is 113. The first-order chi connectivity index (χ1) is 4.69. The summed E-state index contributed by atoms with van der Waals surface area (Å²) in [4.78, 5) is -10.1. The Hall–Kier alpha value is 0.488. The van der Waals surface area contributed by atoms with E-state index in [-0.39, 0.29) is 10.0 Å². The van der Waals surface area contributed by atoms with Crippen molar-refractivity contribution in [3.63, 3.8) is 0 Å². The molecule has 8 heteroatoms. The third kappa shape index (κ3) is 3.60. The van der Waals surface area contributed by atoms with Crippen molar-refractivity contribution >= 4 is 23.5 Å². The second-order valence-corrected chi connectivity index (χ2v) is 9.34. The van der Waals surface area contributed by atoms with Crippen LogP contribution in [0.4, 0.5) is 26.3 Å². The summed E-state index contributed by atoms with van der Waals surface area (Å²) in [6, 6.07) is 0. The van der Waals surface area contributed by atoms with E-state index in [0.29, 0.717) is 0 Å². The first-order valence-corrected chi connectivity index (χ1v) is 7.53. The van der Waals surface area contributed by atoms with Gasteiger partial charge in [0.15, 0.2) is 0 Å². The maximum absolute atomic E-state index is 11.5. The number of hydrogen-bond donors (Lipinski definition) is 0. The molecular formula is C3H3AsF6S. The molecule has 0 aromatic carbocycles. The minimum atomic E-state index is -5.06. The van der Waals surface area contributed by atoms with E-state index in [1.807, 2.05) is 0 Å². The van der Waals surface area contributed by atoms with Gasteiger partial charge in [-0.1, -0.05) is 0 Å². The van der Waals surface area contributed by atoms with Crippen molar-refractivity contribution < 1.29 is 26.3 Å². The van der Waals surface area contributed by atoms with Gasteiger partial charge in [0.25, 0.3) is 0 Å². The number of halogens is 6. The molecule has 0 saturated heterocycles. The fourth-order valence-corrected chi connectivity index (χ4v) is 3.97. The molecule has 0 aliphatic rings. The van der Waals surface area contributed by atoms with E-state index in [1.54, 1.807) is 0 Å². The van der Waals surface area contributed by atoms with E-state index in [4.69, 9.17) is 0 Å². The second-order valence-electron chi connectivity index (χ2n) is 1.41. The van der Waals surface area contributed by atoms with Gasteiger partial charge in [-0.25, -0.2) is 0 Å². The molecule has 0 aromatic heterocycles. The summed E-state index contributed by atoms with van der Waals surface area (Å²) in [6.07, 6.45) is 0.834. The molecule has 0 atom stereocenters. The quantitative estimate of drug-likeness (QED) is 0.515. The summed E-state index contributed by atoms with van der Waals surface area (Å²) in [5.74, 6) is 0. The Kier molecular flexibility index (Phi) is 3.63. The van der Waals surface area contributed by atoms with Crippen molar-refractivity contribution in [1.29, 1.82) is 0 Å². The zero-order valence-electron chi connectivity index (χ0n) is 5.12. The molecule has 0 aliphatic carbocycles. The third-order valence-electron chi connectivity index (χ3n) is 0.643. The second kappa shape index (κ2) is 3.47. The van der Waals surface area contributed by atoms with Crippen LogP contribution in [0.1, 0.15) is 0 Å². The average molecular weight is 260 g/mol. The third-order valence-corrected chi connectivity index (χ3v) is 7.39. The van der Waals surface area contributed by atoms with E-state index in [0.717, 1.165) is 6.26 Å². The van der Waals surface area contributed by atoms with Gasteiger partial charge >= 0.3 is 66.0 Å². The molecule has 0 amide bonds. The Morgan fingerprint density at radius 2 is 1.18 bits per heavy atom. The van der Waals surface area contributed by atoms with Gasteiger partial charge in [0.2, 0.25) is 0 Å². The molecule has 68 valence electrons. The maximum atomic E-state index is 11.5. The monoisotopic (exact) mass is 260 g/mol. The van der Waals surface area contributed by atoms with Crippen LogP contribution in [0.15, 0.2) is 0 Å². The van der Waals surface area contributed by atoms with Crippen LogP contribution in [-0.4, -0.2) is 29.7 Å². The van der Waals surface area contributed by atoms with Crippen molar-refractivity contribution in [3.05, 3.63) is 0 Å². The molecule has 0 rings (SSSR count). The zero-order chi connectivity index (χ0) is 9.28. The molecule has 0 heterocycles. The van der Waals surface area contributed by atoms with Gasteiger partial charge in [-0.15, -0.1) is 0 Å². The fourth-order valence-electron chi connectivity index (χ4n) is 0.351.